The van der Waals surface area contributed by atoms with Gasteiger partial charge in [-0.05, 0) is 50.2 Å². The lowest BCUT2D eigenvalue weighted by Gasteiger charge is -2.28. The summed E-state index contributed by atoms with van der Waals surface area (Å²) < 4.78 is 0. The Labute approximate surface area is 185 Å². The molecule has 0 aliphatic rings. The maximum Gasteiger partial charge on any atom is 0.258 e. The Balaban J connectivity index is 1.73. The second-order valence-electron chi connectivity index (χ2n) is 7.16. The molecule has 3 aromatic rings. The van der Waals surface area contributed by atoms with Gasteiger partial charge in [0.2, 0.25) is 5.91 Å². The highest BCUT2D eigenvalue weighted by molar-refractivity contribution is 6.35. The van der Waals surface area contributed by atoms with E-state index >= 15 is 0 Å². The minimum Gasteiger partial charge on any atom is -0.348 e. The third kappa shape index (κ3) is 5.01. The Morgan fingerprint density at radius 1 is 1.20 bits per heavy atom. The Kier molecular flexibility index (Phi) is 7.13. The molecule has 0 aliphatic heterocycles. The number of nitrogens with zero attached hydrogens (tertiary/aromatic N) is 2. The summed E-state index contributed by atoms with van der Waals surface area (Å²) in [4.78, 5) is 34.5. The predicted molar refractivity (Wildman–Crippen MR) is 121 cm³/mol. The molecule has 0 bridgehead atoms. The molecule has 30 heavy (non-hydrogen) atoms. The Bertz CT molecular complexity index is 1120. The average molecular weight is 447 g/mol. The van der Waals surface area contributed by atoms with E-state index in [0.29, 0.717) is 39.9 Å². The summed E-state index contributed by atoms with van der Waals surface area (Å²) in [5, 5.41) is 4.60. The molecule has 3 rings (SSSR count). The predicted octanol–water partition coefficient (Wildman–Crippen LogP) is 4.32. The van der Waals surface area contributed by atoms with Crippen LogP contribution < -0.4 is 10.9 Å². The van der Waals surface area contributed by atoms with Gasteiger partial charge in [-0.25, -0.2) is 4.98 Å². The van der Waals surface area contributed by atoms with E-state index in [4.69, 9.17) is 23.2 Å². The molecule has 2 aromatic carbocycles. The van der Waals surface area contributed by atoms with Crippen LogP contribution in [0.15, 0.2) is 47.3 Å². The van der Waals surface area contributed by atoms with Crippen molar-refractivity contribution in [3.05, 3.63) is 74.3 Å². The van der Waals surface area contributed by atoms with Crippen LogP contribution in [0, 0.1) is 0 Å². The number of benzene rings is 2. The number of carbonyl (C=O) groups is 1. The number of aromatic nitrogens is 2. The van der Waals surface area contributed by atoms with E-state index in [0.717, 1.165) is 5.56 Å². The molecule has 2 unspecified atom stereocenters. The monoisotopic (exact) mass is 446 g/mol. The first-order chi connectivity index (χ1) is 14.3. The van der Waals surface area contributed by atoms with Crippen LogP contribution in [-0.4, -0.2) is 33.4 Å². The molecule has 0 saturated carbocycles. The number of para-hydroxylation sites is 1. The normalized spacial score (nSPS) is 13.4. The fraction of sp³-hybridized carbons (Fsp3) is 0.318. The zero-order chi connectivity index (χ0) is 21.8. The number of amides is 1. The average Bonchev–Trinajstić information content (AvgIpc) is 2.71. The van der Waals surface area contributed by atoms with Crippen LogP contribution in [0.3, 0.4) is 0 Å². The first kappa shape index (κ1) is 22.3. The zero-order valence-corrected chi connectivity index (χ0v) is 18.6. The number of carbonyl (C=O) groups excluding carboxylic acids is 1. The lowest BCUT2D eigenvalue weighted by atomic mass is 10.1. The first-order valence-corrected chi connectivity index (χ1v) is 10.5. The van der Waals surface area contributed by atoms with Crippen LogP contribution in [0.4, 0.5) is 0 Å². The van der Waals surface area contributed by atoms with Gasteiger partial charge in [0, 0.05) is 10.0 Å². The van der Waals surface area contributed by atoms with E-state index in [-0.39, 0.29) is 17.5 Å². The second kappa shape index (κ2) is 9.60. The highest BCUT2D eigenvalue weighted by atomic mass is 35.5. The third-order valence-corrected chi connectivity index (χ3v) is 5.70. The highest BCUT2D eigenvalue weighted by Gasteiger charge is 2.23. The number of hydrogen-bond donors (Lipinski definition) is 2. The summed E-state index contributed by atoms with van der Waals surface area (Å²) in [6, 6.07) is 11.7. The second-order valence-corrected chi connectivity index (χ2v) is 8.01. The standard InChI is InChI=1S/C22H24Cl2N4O2/c1-4-28(12-20-26-19-8-6-5-7-17(19)22(30)27-20)14(3)21(29)25-13(2)16-10-9-15(23)11-18(16)24/h5-11,13-14H,4,12H2,1-3H3,(H,25,29)(H,26,27,30). The Hall–Kier alpha value is -2.41. The van der Waals surface area contributed by atoms with Gasteiger partial charge in [-0.3, -0.25) is 14.5 Å². The van der Waals surface area contributed by atoms with E-state index in [1.807, 2.05) is 37.8 Å². The summed E-state index contributed by atoms with van der Waals surface area (Å²) in [6.45, 7) is 6.62. The molecule has 8 heteroatoms. The third-order valence-electron chi connectivity index (χ3n) is 5.14. The maximum absolute atomic E-state index is 12.9. The Morgan fingerprint density at radius 3 is 2.63 bits per heavy atom. The van der Waals surface area contributed by atoms with Crippen LogP contribution in [0.1, 0.15) is 38.2 Å². The molecule has 0 aliphatic carbocycles. The number of halogens is 2. The zero-order valence-electron chi connectivity index (χ0n) is 17.1. The molecular weight excluding hydrogens is 423 g/mol. The van der Waals surface area contributed by atoms with Crippen LogP contribution >= 0.6 is 23.2 Å². The summed E-state index contributed by atoms with van der Waals surface area (Å²) in [6.07, 6.45) is 0. The minimum atomic E-state index is -0.430. The number of aromatic amines is 1. The van der Waals surface area contributed by atoms with Crippen LogP contribution in [0.5, 0.6) is 0 Å². The minimum absolute atomic E-state index is 0.140. The largest absolute Gasteiger partial charge is 0.348 e. The molecule has 0 radical (unpaired) electrons. The van der Waals surface area contributed by atoms with E-state index in [1.165, 1.54) is 0 Å². The number of hydrogen-bond acceptors (Lipinski definition) is 4. The summed E-state index contributed by atoms with van der Waals surface area (Å²) in [7, 11) is 0. The molecule has 6 nitrogen and oxygen atoms in total. The van der Waals surface area contributed by atoms with Crippen molar-refractivity contribution in [1.82, 2.24) is 20.2 Å². The smallest absolute Gasteiger partial charge is 0.258 e. The van der Waals surface area contributed by atoms with Gasteiger partial charge >= 0.3 is 0 Å². The lowest BCUT2D eigenvalue weighted by molar-refractivity contribution is -0.126. The van der Waals surface area contributed by atoms with Gasteiger partial charge in [0.15, 0.2) is 0 Å². The quantitative estimate of drug-likeness (QED) is 0.566. The van der Waals surface area contributed by atoms with E-state index < -0.39 is 6.04 Å². The van der Waals surface area contributed by atoms with Crippen LogP contribution in [-0.2, 0) is 11.3 Å². The summed E-state index contributed by atoms with van der Waals surface area (Å²) >= 11 is 12.2. The van der Waals surface area contributed by atoms with Gasteiger partial charge in [0.05, 0.1) is 29.5 Å². The lowest BCUT2D eigenvalue weighted by Crippen LogP contribution is -2.45. The van der Waals surface area contributed by atoms with Crippen molar-refractivity contribution in [2.45, 2.75) is 39.4 Å². The van der Waals surface area contributed by atoms with Crippen molar-refractivity contribution in [3.63, 3.8) is 0 Å². The molecule has 1 aromatic heterocycles. The van der Waals surface area contributed by atoms with Gasteiger partial charge in [-0.15, -0.1) is 0 Å². The number of rotatable bonds is 7. The number of H-pyrrole nitrogens is 1. The number of likely N-dealkylation sites (N-methyl/N-ethyl adjacent to an activating group) is 1. The molecule has 0 spiro atoms. The van der Waals surface area contributed by atoms with Gasteiger partial charge in [0.1, 0.15) is 5.82 Å². The van der Waals surface area contributed by atoms with Crippen molar-refractivity contribution in [2.75, 3.05) is 6.54 Å². The molecular formula is C22H24Cl2N4O2. The SMILES string of the molecule is CCN(Cc1nc2ccccc2c(=O)[nH]1)C(C)C(=O)NC(C)c1ccc(Cl)cc1Cl. The first-order valence-electron chi connectivity index (χ1n) is 9.77. The highest BCUT2D eigenvalue weighted by Crippen LogP contribution is 2.26. The molecule has 158 valence electrons. The fourth-order valence-electron chi connectivity index (χ4n) is 3.35. The van der Waals surface area contributed by atoms with Crippen molar-refractivity contribution in [3.8, 4) is 0 Å². The topological polar surface area (TPSA) is 78.1 Å². The molecule has 1 amide bonds. The number of nitrogens with one attached hydrogen (secondary N) is 2. The van der Waals surface area contributed by atoms with Crippen molar-refractivity contribution in [2.24, 2.45) is 0 Å². The molecule has 2 N–H and O–H groups in total. The van der Waals surface area contributed by atoms with Crippen molar-refractivity contribution < 1.29 is 4.79 Å². The van der Waals surface area contributed by atoms with Gasteiger partial charge in [0.25, 0.3) is 5.56 Å². The van der Waals surface area contributed by atoms with Crippen LogP contribution in [0.2, 0.25) is 10.0 Å². The molecule has 2 atom stereocenters. The van der Waals surface area contributed by atoms with Gasteiger partial charge in [-0.2, -0.15) is 0 Å². The van der Waals surface area contributed by atoms with E-state index in [1.54, 1.807) is 30.3 Å². The number of fused-ring (bicyclic) bond motifs is 1. The van der Waals surface area contributed by atoms with Gasteiger partial charge < -0.3 is 10.3 Å². The fourth-order valence-corrected chi connectivity index (χ4v) is 3.93. The van der Waals surface area contributed by atoms with Crippen molar-refractivity contribution in [1.29, 1.82) is 0 Å². The van der Waals surface area contributed by atoms with Gasteiger partial charge in [-0.1, -0.05) is 48.3 Å². The van der Waals surface area contributed by atoms with Crippen molar-refractivity contribution >= 4 is 40.0 Å². The van der Waals surface area contributed by atoms with E-state index in [2.05, 4.69) is 15.3 Å². The molecule has 0 fully saturated rings. The Morgan fingerprint density at radius 2 is 1.93 bits per heavy atom. The summed E-state index contributed by atoms with van der Waals surface area (Å²) in [5.74, 6) is 0.382. The maximum atomic E-state index is 12.9. The van der Waals surface area contributed by atoms with E-state index in [9.17, 15) is 9.59 Å². The summed E-state index contributed by atoms with van der Waals surface area (Å²) in [5.41, 5.74) is 1.25. The van der Waals surface area contributed by atoms with Crippen LogP contribution in [0.25, 0.3) is 10.9 Å². The molecule has 0 saturated heterocycles. The molecule has 1 heterocycles.